The molecule has 0 saturated heterocycles. The Bertz CT molecular complexity index is 576. The van der Waals surface area contributed by atoms with E-state index >= 15 is 0 Å². The molecule has 0 aliphatic rings. The van der Waals surface area contributed by atoms with Gasteiger partial charge in [-0.05, 0) is 5.56 Å². The molecular formula is C14H20N4O4. The van der Waals surface area contributed by atoms with E-state index in [2.05, 4.69) is 10.5 Å². The van der Waals surface area contributed by atoms with Crippen LogP contribution < -0.4 is 16.5 Å². The van der Waals surface area contributed by atoms with Crippen LogP contribution in [0.1, 0.15) is 37.9 Å². The number of amidine groups is 1. The van der Waals surface area contributed by atoms with Crippen molar-refractivity contribution in [3.63, 3.8) is 0 Å². The van der Waals surface area contributed by atoms with Crippen LogP contribution >= 0.6 is 0 Å². The van der Waals surface area contributed by atoms with Crippen molar-refractivity contribution in [2.24, 2.45) is 16.3 Å². The normalized spacial score (nSPS) is 13.4. The fourth-order valence-electron chi connectivity index (χ4n) is 1.62. The number of rotatable bonds is 4. The summed E-state index contributed by atoms with van der Waals surface area (Å²) < 4.78 is 0. The number of nitrogens with two attached hydrogens (primary N) is 1. The highest BCUT2D eigenvalue weighted by Crippen LogP contribution is 2.19. The van der Waals surface area contributed by atoms with Crippen LogP contribution in [0.2, 0.25) is 0 Å². The number of carbonyl (C=O) groups excluding carboxylic acids is 2. The zero-order valence-corrected chi connectivity index (χ0v) is 12.6. The summed E-state index contributed by atoms with van der Waals surface area (Å²) in [5.41, 5.74) is 7.19. The van der Waals surface area contributed by atoms with Crippen molar-refractivity contribution in [3.8, 4) is 0 Å². The lowest BCUT2D eigenvalue weighted by Crippen LogP contribution is -2.43. The highest BCUT2D eigenvalue weighted by atomic mass is 16.5. The van der Waals surface area contributed by atoms with Crippen LogP contribution in [0.25, 0.3) is 0 Å². The molecule has 8 heteroatoms. The van der Waals surface area contributed by atoms with Gasteiger partial charge in [0.1, 0.15) is 6.04 Å². The molecule has 0 spiro atoms. The quantitative estimate of drug-likeness (QED) is 0.181. The van der Waals surface area contributed by atoms with Gasteiger partial charge in [-0.25, -0.2) is 5.48 Å². The maximum Gasteiger partial charge on any atom is 0.270 e. The molecule has 6 N–H and O–H groups in total. The number of hydrogen-bond donors (Lipinski definition) is 5. The third-order valence-electron chi connectivity index (χ3n) is 2.98. The number of oxime groups is 1. The number of benzene rings is 1. The first-order valence-corrected chi connectivity index (χ1v) is 6.53. The van der Waals surface area contributed by atoms with Gasteiger partial charge in [-0.3, -0.25) is 14.8 Å². The summed E-state index contributed by atoms with van der Waals surface area (Å²) in [6.45, 7) is 5.12. The number of nitrogens with zero attached hydrogens (tertiary/aromatic N) is 1. The molecule has 0 fully saturated rings. The van der Waals surface area contributed by atoms with Gasteiger partial charge in [0.2, 0.25) is 5.91 Å². The molecular weight excluding hydrogens is 288 g/mol. The third kappa shape index (κ3) is 4.19. The Morgan fingerprint density at radius 2 is 1.77 bits per heavy atom. The topological polar surface area (TPSA) is 137 Å². The van der Waals surface area contributed by atoms with Crippen LogP contribution in [0.15, 0.2) is 29.4 Å². The largest absolute Gasteiger partial charge is 0.409 e. The Labute approximate surface area is 128 Å². The summed E-state index contributed by atoms with van der Waals surface area (Å²) in [6, 6.07) is 5.08. The molecule has 120 valence electrons. The molecule has 8 nitrogen and oxygen atoms in total. The van der Waals surface area contributed by atoms with Gasteiger partial charge in [0.15, 0.2) is 5.84 Å². The Morgan fingerprint density at radius 3 is 2.18 bits per heavy atom. The molecule has 0 aliphatic heterocycles. The van der Waals surface area contributed by atoms with Crippen LogP contribution in [0, 0.1) is 5.41 Å². The van der Waals surface area contributed by atoms with E-state index in [-0.39, 0.29) is 11.7 Å². The van der Waals surface area contributed by atoms with Crippen LogP contribution in [-0.4, -0.2) is 28.1 Å². The first kappa shape index (κ1) is 17.4. The summed E-state index contributed by atoms with van der Waals surface area (Å²) in [5.74, 6) is -1.19. The molecule has 0 heterocycles. The van der Waals surface area contributed by atoms with Gasteiger partial charge in [-0.15, -0.1) is 0 Å². The summed E-state index contributed by atoms with van der Waals surface area (Å²) >= 11 is 0. The average molecular weight is 308 g/mol. The second-order valence-electron chi connectivity index (χ2n) is 5.74. The predicted octanol–water partition coefficient (Wildman–Crippen LogP) is 0.490. The molecule has 0 saturated carbocycles. The van der Waals surface area contributed by atoms with Crippen molar-refractivity contribution in [1.82, 2.24) is 10.8 Å². The highest BCUT2D eigenvalue weighted by Gasteiger charge is 2.28. The molecule has 1 aromatic rings. The third-order valence-corrected chi connectivity index (χ3v) is 2.98. The highest BCUT2D eigenvalue weighted by molar-refractivity contribution is 5.97. The van der Waals surface area contributed by atoms with Crippen molar-refractivity contribution in [2.75, 3.05) is 0 Å². The number of hydrogen-bond acceptors (Lipinski definition) is 5. The van der Waals surface area contributed by atoms with E-state index in [4.69, 9.17) is 16.1 Å². The molecule has 0 radical (unpaired) electrons. The standard InChI is InChI=1S/C14H20N4O4/c1-14(2,3)13(20)16-10(12(19)18-22)8-4-6-9(7-5-8)11(15)17-21/h4-7,10,21-22H,1-3H3,(H2,15,17)(H,16,20)(H,18,19). The second kappa shape index (κ2) is 6.90. The molecule has 2 amide bonds. The maximum atomic E-state index is 12.0. The molecule has 1 rings (SSSR count). The van der Waals surface area contributed by atoms with Gasteiger partial charge in [-0.2, -0.15) is 0 Å². The van der Waals surface area contributed by atoms with Gasteiger partial charge in [0, 0.05) is 11.0 Å². The molecule has 1 unspecified atom stereocenters. The number of amides is 2. The van der Waals surface area contributed by atoms with E-state index in [1.807, 2.05) is 0 Å². The van der Waals surface area contributed by atoms with Gasteiger partial charge < -0.3 is 16.3 Å². The smallest absolute Gasteiger partial charge is 0.270 e. The fraction of sp³-hybridized carbons (Fsp3) is 0.357. The predicted molar refractivity (Wildman–Crippen MR) is 79.2 cm³/mol. The molecule has 1 aromatic carbocycles. The van der Waals surface area contributed by atoms with E-state index in [0.717, 1.165) is 0 Å². The van der Waals surface area contributed by atoms with Crippen molar-refractivity contribution < 1.29 is 20.0 Å². The zero-order valence-electron chi connectivity index (χ0n) is 12.6. The average Bonchev–Trinajstić information content (AvgIpc) is 2.50. The van der Waals surface area contributed by atoms with Crippen molar-refractivity contribution in [1.29, 1.82) is 0 Å². The summed E-state index contributed by atoms with van der Waals surface area (Å²) in [4.78, 5) is 23.8. The van der Waals surface area contributed by atoms with Crippen LogP contribution in [0.4, 0.5) is 0 Å². The van der Waals surface area contributed by atoms with Gasteiger partial charge in [-0.1, -0.05) is 50.2 Å². The lowest BCUT2D eigenvalue weighted by Gasteiger charge is -2.23. The lowest BCUT2D eigenvalue weighted by molar-refractivity contribution is -0.137. The number of hydroxylamine groups is 1. The van der Waals surface area contributed by atoms with Crippen molar-refractivity contribution >= 4 is 17.6 Å². The first-order chi connectivity index (χ1) is 10.2. The van der Waals surface area contributed by atoms with Gasteiger partial charge in [0.05, 0.1) is 0 Å². The second-order valence-corrected chi connectivity index (χ2v) is 5.74. The van der Waals surface area contributed by atoms with E-state index in [9.17, 15) is 9.59 Å². The first-order valence-electron chi connectivity index (χ1n) is 6.53. The van der Waals surface area contributed by atoms with E-state index in [1.165, 1.54) is 29.7 Å². The van der Waals surface area contributed by atoms with Gasteiger partial charge in [0.25, 0.3) is 5.91 Å². The number of carbonyl (C=O) groups is 2. The molecule has 22 heavy (non-hydrogen) atoms. The summed E-state index contributed by atoms with van der Waals surface area (Å²) in [6.07, 6.45) is 0. The minimum atomic E-state index is -1.06. The monoisotopic (exact) mass is 308 g/mol. The maximum absolute atomic E-state index is 12.0. The fourth-order valence-corrected chi connectivity index (χ4v) is 1.62. The summed E-state index contributed by atoms with van der Waals surface area (Å²) in [7, 11) is 0. The lowest BCUT2D eigenvalue weighted by atomic mass is 9.94. The molecule has 0 aromatic heterocycles. The summed E-state index contributed by atoms with van der Waals surface area (Å²) in [5, 5.41) is 22.9. The SMILES string of the molecule is CC(C)(C)C(=O)NC(C(=O)NO)c1ccc(/C(N)=N/O)cc1. The number of nitrogens with one attached hydrogen (secondary N) is 2. The molecule has 1 atom stereocenters. The Kier molecular flexibility index (Phi) is 5.47. The van der Waals surface area contributed by atoms with Crippen LogP contribution in [0.3, 0.4) is 0 Å². The minimum absolute atomic E-state index is 0.0755. The van der Waals surface area contributed by atoms with Crippen molar-refractivity contribution in [2.45, 2.75) is 26.8 Å². The van der Waals surface area contributed by atoms with Gasteiger partial charge >= 0.3 is 0 Å². The molecule has 0 aliphatic carbocycles. The van der Waals surface area contributed by atoms with Crippen LogP contribution in [0.5, 0.6) is 0 Å². The Balaban J connectivity index is 3.08. The zero-order chi connectivity index (χ0) is 16.9. The minimum Gasteiger partial charge on any atom is -0.409 e. The van der Waals surface area contributed by atoms with E-state index < -0.39 is 17.4 Å². The molecule has 0 bridgehead atoms. The Morgan fingerprint density at radius 1 is 1.23 bits per heavy atom. The van der Waals surface area contributed by atoms with Crippen molar-refractivity contribution in [3.05, 3.63) is 35.4 Å². The van der Waals surface area contributed by atoms with Crippen LogP contribution in [-0.2, 0) is 9.59 Å². The van der Waals surface area contributed by atoms with E-state index in [1.54, 1.807) is 20.8 Å². The van der Waals surface area contributed by atoms with E-state index in [0.29, 0.717) is 11.1 Å². The Hall–Kier alpha value is -2.61.